The Bertz CT molecular complexity index is 934. The Morgan fingerprint density at radius 3 is 2.62 bits per heavy atom. The molecule has 8 heteroatoms. The molecule has 0 aliphatic carbocycles. The van der Waals surface area contributed by atoms with Crippen LogP contribution in [0.4, 0.5) is 5.69 Å². The van der Waals surface area contributed by atoms with Crippen molar-refractivity contribution in [2.24, 2.45) is 0 Å². The Hall–Kier alpha value is -2.93. The van der Waals surface area contributed by atoms with Crippen molar-refractivity contribution in [3.63, 3.8) is 0 Å². The van der Waals surface area contributed by atoms with Gasteiger partial charge in [-0.1, -0.05) is 12.1 Å². The quantitative estimate of drug-likeness (QED) is 0.533. The van der Waals surface area contributed by atoms with Crippen molar-refractivity contribution in [2.45, 2.75) is 6.42 Å². The molecular weight excluding hydrogens is 334 g/mol. The lowest BCUT2D eigenvalue weighted by Gasteiger charge is -2.05. The van der Waals surface area contributed by atoms with Gasteiger partial charge in [-0.3, -0.25) is 19.5 Å². The molecule has 122 valence electrons. The summed E-state index contributed by atoms with van der Waals surface area (Å²) in [6.45, 7) is 0. The Balaban J connectivity index is 1.91. The highest BCUT2D eigenvalue weighted by atomic mass is 35.5. The first-order valence-electron chi connectivity index (χ1n) is 6.98. The molecule has 0 aliphatic rings. The highest BCUT2D eigenvalue weighted by molar-refractivity contribution is 6.30. The number of carbonyl (C=O) groups is 1. The van der Waals surface area contributed by atoms with Crippen molar-refractivity contribution in [2.75, 3.05) is 7.11 Å². The van der Waals surface area contributed by atoms with E-state index in [-0.39, 0.29) is 23.3 Å². The minimum Gasteiger partial charge on any atom is -0.497 e. The van der Waals surface area contributed by atoms with Gasteiger partial charge in [-0.05, 0) is 29.3 Å². The number of hydrogen-bond acceptors (Lipinski definition) is 5. The van der Waals surface area contributed by atoms with E-state index in [1.807, 2.05) is 0 Å². The summed E-state index contributed by atoms with van der Waals surface area (Å²) in [5.74, 6) is 0.341. The molecule has 0 radical (unpaired) electrons. The number of fused-ring (bicyclic) bond motifs is 1. The number of nitrogens with zero attached hydrogens (tertiary/aromatic N) is 3. The van der Waals surface area contributed by atoms with Crippen molar-refractivity contribution >= 4 is 34.2 Å². The van der Waals surface area contributed by atoms with Crippen LogP contribution in [0, 0.1) is 10.1 Å². The third-order valence-corrected chi connectivity index (χ3v) is 3.83. The molecule has 3 rings (SSSR count). The Kier molecular flexibility index (Phi) is 4.18. The number of carbonyl (C=O) groups excluding carboxylic acids is 1. The monoisotopic (exact) mass is 345 g/mol. The molecule has 7 nitrogen and oxygen atoms in total. The number of halogens is 1. The fourth-order valence-corrected chi connectivity index (χ4v) is 2.66. The third kappa shape index (κ3) is 2.93. The number of imidazole rings is 1. The minimum absolute atomic E-state index is 0.0237. The van der Waals surface area contributed by atoms with Gasteiger partial charge in [0.25, 0.3) is 5.69 Å². The molecule has 0 N–H and O–H groups in total. The fourth-order valence-electron chi connectivity index (χ4n) is 2.38. The topological polar surface area (TPSA) is 87.3 Å². The molecule has 0 unspecified atom stereocenters. The Morgan fingerprint density at radius 1 is 1.29 bits per heavy atom. The van der Waals surface area contributed by atoms with Crippen LogP contribution < -0.4 is 4.74 Å². The van der Waals surface area contributed by atoms with Crippen molar-refractivity contribution in [1.82, 2.24) is 9.55 Å². The van der Waals surface area contributed by atoms with Crippen molar-refractivity contribution in [1.29, 1.82) is 0 Å². The van der Waals surface area contributed by atoms with Crippen molar-refractivity contribution in [3.05, 3.63) is 63.4 Å². The van der Waals surface area contributed by atoms with E-state index in [2.05, 4.69) is 4.98 Å². The van der Waals surface area contributed by atoms with Gasteiger partial charge in [0, 0.05) is 18.2 Å². The number of ether oxygens (including phenoxy) is 1. The minimum atomic E-state index is -0.487. The lowest BCUT2D eigenvalue weighted by molar-refractivity contribution is -0.384. The number of methoxy groups -OCH3 is 1. The summed E-state index contributed by atoms with van der Waals surface area (Å²) in [6.07, 6.45) is 0.0508. The fraction of sp³-hybridized carbons (Fsp3) is 0.125. The van der Waals surface area contributed by atoms with E-state index in [0.29, 0.717) is 22.3 Å². The average Bonchev–Trinajstić information content (AvgIpc) is 2.90. The number of aromatic nitrogens is 2. The van der Waals surface area contributed by atoms with Crippen LogP contribution >= 0.6 is 11.6 Å². The highest BCUT2D eigenvalue weighted by Gasteiger charge is 2.17. The summed E-state index contributed by atoms with van der Waals surface area (Å²) in [5.41, 5.74) is 1.76. The third-order valence-electron chi connectivity index (χ3n) is 3.57. The first-order valence-corrected chi connectivity index (χ1v) is 7.36. The molecule has 0 atom stereocenters. The van der Waals surface area contributed by atoms with E-state index in [1.165, 1.54) is 16.7 Å². The van der Waals surface area contributed by atoms with Gasteiger partial charge in [-0.2, -0.15) is 0 Å². The van der Waals surface area contributed by atoms with E-state index in [1.54, 1.807) is 37.4 Å². The summed E-state index contributed by atoms with van der Waals surface area (Å²) in [7, 11) is 1.54. The Morgan fingerprint density at radius 2 is 2.00 bits per heavy atom. The molecule has 0 bridgehead atoms. The van der Waals surface area contributed by atoms with Crippen molar-refractivity contribution < 1.29 is 14.5 Å². The van der Waals surface area contributed by atoms with E-state index >= 15 is 0 Å². The van der Waals surface area contributed by atoms with Crippen LogP contribution in [0.1, 0.15) is 10.4 Å². The molecule has 1 aromatic heterocycles. The van der Waals surface area contributed by atoms with Gasteiger partial charge in [0.2, 0.25) is 11.2 Å². The molecule has 0 aliphatic heterocycles. The van der Waals surface area contributed by atoms with E-state index < -0.39 is 4.92 Å². The largest absolute Gasteiger partial charge is 0.497 e. The number of hydrogen-bond donors (Lipinski definition) is 0. The molecule has 3 aromatic rings. The maximum atomic E-state index is 12.6. The summed E-state index contributed by atoms with van der Waals surface area (Å²) in [6, 6.07) is 10.9. The summed E-state index contributed by atoms with van der Waals surface area (Å²) >= 11 is 6.09. The first-order chi connectivity index (χ1) is 11.5. The van der Waals surface area contributed by atoms with Gasteiger partial charge in [0.05, 0.1) is 29.5 Å². The second-order valence-electron chi connectivity index (χ2n) is 5.06. The number of nitro benzene ring substituents is 1. The number of nitro groups is 1. The van der Waals surface area contributed by atoms with Crippen LogP contribution in [0.2, 0.25) is 5.28 Å². The second-order valence-corrected chi connectivity index (χ2v) is 5.40. The summed E-state index contributed by atoms with van der Waals surface area (Å²) in [4.78, 5) is 26.9. The normalized spacial score (nSPS) is 10.8. The van der Waals surface area contributed by atoms with Gasteiger partial charge in [-0.15, -0.1) is 0 Å². The van der Waals surface area contributed by atoms with Gasteiger partial charge in [0.1, 0.15) is 5.75 Å². The number of benzene rings is 2. The predicted molar refractivity (Wildman–Crippen MR) is 88.7 cm³/mol. The predicted octanol–water partition coefficient (Wildman–Crippen LogP) is 3.49. The lowest BCUT2D eigenvalue weighted by atomic mass is 10.1. The zero-order valence-electron chi connectivity index (χ0n) is 12.6. The molecule has 24 heavy (non-hydrogen) atoms. The number of non-ortho nitro benzene ring substituents is 1. The summed E-state index contributed by atoms with van der Waals surface area (Å²) in [5, 5.41) is 10.7. The van der Waals surface area contributed by atoms with E-state index in [9.17, 15) is 14.9 Å². The van der Waals surface area contributed by atoms with Crippen LogP contribution in [0.3, 0.4) is 0 Å². The second kappa shape index (κ2) is 6.29. The molecular formula is C16H12ClN3O4. The Labute approximate surface area is 141 Å². The molecule has 0 saturated heterocycles. The smallest absolute Gasteiger partial charge is 0.269 e. The first kappa shape index (κ1) is 15.9. The SMILES string of the molecule is COc1ccc2c(c1)nc(Cl)n2C(=O)Cc1ccc([N+](=O)[O-])cc1. The van der Waals surface area contributed by atoms with E-state index in [0.717, 1.165) is 0 Å². The zero-order chi connectivity index (χ0) is 17.3. The zero-order valence-corrected chi connectivity index (χ0v) is 13.4. The van der Waals surface area contributed by atoms with Gasteiger partial charge < -0.3 is 4.74 Å². The number of rotatable bonds is 4. The van der Waals surface area contributed by atoms with Crippen LogP contribution in [0.5, 0.6) is 5.75 Å². The standard InChI is InChI=1S/C16H12ClN3O4/c1-24-12-6-7-14-13(9-12)18-16(17)19(14)15(21)8-10-2-4-11(5-3-10)20(22)23/h2-7,9H,8H2,1H3. The molecule has 0 saturated carbocycles. The van der Waals surface area contributed by atoms with Gasteiger partial charge in [0.15, 0.2) is 0 Å². The molecule has 0 amide bonds. The summed E-state index contributed by atoms with van der Waals surface area (Å²) < 4.78 is 6.44. The molecule has 2 aromatic carbocycles. The molecule has 0 fully saturated rings. The highest BCUT2D eigenvalue weighted by Crippen LogP contribution is 2.24. The van der Waals surface area contributed by atoms with Crippen LogP contribution in [-0.2, 0) is 6.42 Å². The average molecular weight is 346 g/mol. The van der Waals surface area contributed by atoms with Gasteiger partial charge in [-0.25, -0.2) is 4.98 Å². The molecule has 1 heterocycles. The van der Waals surface area contributed by atoms with Crippen molar-refractivity contribution in [3.8, 4) is 5.75 Å². The maximum Gasteiger partial charge on any atom is 0.269 e. The van der Waals surface area contributed by atoms with Gasteiger partial charge >= 0.3 is 0 Å². The van der Waals surface area contributed by atoms with Crippen LogP contribution in [0.15, 0.2) is 42.5 Å². The van der Waals surface area contributed by atoms with Crippen LogP contribution in [0.25, 0.3) is 11.0 Å². The van der Waals surface area contributed by atoms with Crippen LogP contribution in [-0.4, -0.2) is 27.5 Å². The maximum absolute atomic E-state index is 12.6. The lowest BCUT2D eigenvalue weighted by Crippen LogP contribution is -2.13. The molecule has 0 spiro atoms. The van der Waals surface area contributed by atoms with E-state index in [4.69, 9.17) is 16.3 Å².